The number of nitriles is 1. The number of benzene rings is 1. The second kappa shape index (κ2) is 4.67. The van der Waals surface area contributed by atoms with Gasteiger partial charge in [0.05, 0.1) is 0 Å². The van der Waals surface area contributed by atoms with Crippen molar-refractivity contribution in [2.75, 3.05) is 0 Å². The molecule has 1 saturated carbocycles. The lowest BCUT2D eigenvalue weighted by Crippen LogP contribution is -2.34. The molecule has 1 aliphatic rings. The first-order valence-corrected chi connectivity index (χ1v) is 5.96. The van der Waals surface area contributed by atoms with Crippen LogP contribution >= 0.6 is 0 Å². The van der Waals surface area contributed by atoms with Crippen LogP contribution in [0.3, 0.4) is 0 Å². The lowest BCUT2D eigenvalue weighted by molar-refractivity contribution is 0.0140. The first-order valence-electron chi connectivity index (χ1n) is 5.96. The number of aliphatic hydroxyl groups is 1. The van der Waals surface area contributed by atoms with Crippen LogP contribution in [0.2, 0.25) is 0 Å². The maximum absolute atomic E-state index is 10.6. The van der Waals surface area contributed by atoms with Gasteiger partial charge in [-0.25, -0.2) is 0 Å². The van der Waals surface area contributed by atoms with Crippen LogP contribution < -0.4 is 0 Å². The van der Waals surface area contributed by atoms with E-state index in [0.29, 0.717) is 0 Å². The molecule has 0 heterocycles. The van der Waals surface area contributed by atoms with Crippen LogP contribution in [0.15, 0.2) is 30.3 Å². The Labute approximate surface area is 96.5 Å². The molecule has 16 heavy (non-hydrogen) atoms. The highest BCUT2D eigenvalue weighted by atomic mass is 16.3. The van der Waals surface area contributed by atoms with Gasteiger partial charge in [-0.3, -0.25) is 0 Å². The predicted molar refractivity (Wildman–Crippen MR) is 62.5 cm³/mol. The van der Waals surface area contributed by atoms with Crippen molar-refractivity contribution >= 4 is 0 Å². The largest absolute Gasteiger partial charge is 0.371 e. The Morgan fingerprint density at radius 3 is 2.31 bits per heavy atom. The molecule has 0 aromatic heterocycles. The standard InChI is InChI=1S/C14H17NO/c15-11-14(16,12-7-3-1-4-8-12)13-9-5-2-6-10-13/h1,3-4,7-8,13,16H,2,5-6,9-10H2/t14-/m1/s1. The number of nitrogens with zero attached hydrogens (tertiary/aromatic N) is 1. The smallest absolute Gasteiger partial charge is 0.179 e. The van der Waals surface area contributed by atoms with Crippen molar-refractivity contribution in [1.29, 1.82) is 5.26 Å². The maximum Gasteiger partial charge on any atom is 0.179 e. The molecule has 0 aliphatic heterocycles. The molecule has 0 radical (unpaired) electrons. The van der Waals surface area contributed by atoms with Crippen molar-refractivity contribution in [3.63, 3.8) is 0 Å². The summed E-state index contributed by atoms with van der Waals surface area (Å²) in [6, 6.07) is 11.5. The molecule has 0 amide bonds. The molecule has 1 N–H and O–H groups in total. The Balaban J connectivity index is 2.29. The topological polar surface area (TPSA) is 44.0 Å². The molecule has 84 valence electrons. The zero-order valence-corrected chi connectivity index (χ0v) is 9.39. The molecule has 2 rings (SSSR count). The Morgan fingerprint density at radius 2 is 1.75 bits per heavy atom. The zero-order chi connectivity index (χ0) is 11.4. The molecule has 0 spiro atoms. The minimum absolute atomic E-state index is 0.0913. The van der Waals surface area contributed by atoms with Crippen molar-refractivity contribution in [2.45, 2.75) is 37.7 Å². The fourth-order valence-electron chi connectivity index (χ4n) is 2.60. The van der Waals surface area contributed by atoms with E-state index in [9.17, 15) is 10.4 Å². The summed E-state index contributed by atoms with van der Waals surface area (Å²) in [6.07, 6.45) is 5.40. The van der Waals surface area contributed by atoms with E-state index in [1.165, 1.54) is 6.42 Å². The molecule has 1 aromatic rings. The zero-order valence-electron chi connectivity index (χ0n) is 9.39. The number of rotatable bonds is 2. The van der Waals surface area contributed by atoms with Gasteiger partial charge >= 0.3 is 0 Å². The predicted octanol–water partition coefficient (Wildman–Crippen LogP) is 2.98. The molecule has 2 nitrogen and oxygen atoms in total. The minimum atomic E-state index is -1.29. The van der Waals surface area contributed by atoms with Crippen molar-refractivity contribution in [3.8, 4) is 6.07 Å². The van der Waals surface area contributed by atoms with Gasteiger partial charge in [0.25, 0.3) is 0 Å². The molecule has 0 bridgehead atoms. The van der Waals surface area contributed by atoms with Gasteiger partial charge in [-0.1, -0.05) is 49.6 Å². The molecule has 1 fully saturated rings. The third kappa shape index (κ3) is 1.96. The van der Waals surface area contributed by atoms with Gasteiger partial charge in [0.2, 0.25) is 0 Å². The second-order valence-corrected chi connectivity index (χ2v) is 4.58. The van der Waals surface area contributed by atoms with E-state index < -0.39 is 5.60 Å². The first kappa shape index (κ1) is 11.2. The Hall–Kier alpha value is -1.33. The van der Waals surface area contributed by atoms with E-state index in [2.05, 4.69) is 6.07 Å². The van der Waals surface area contributed by atoms with Crippen LogP contribution in [0.5, 0.6) is 0 Å². The van der Waals surface area contributed by atoms with Gasteiger partial charge in [0.15, 0.2) is 5.60 Å². The highest BCUT2D eigenvalue weighted by Gasteiger charge is 2.38. The summed E-state index contributed by atoms with van der Waals surface area (Å²) >= 11 is 0. The van der Waals surface area contributed by atoms with Crippen molar-refractivity contribution in [3.05, 3.63) is 35.9 Å². The van der Waals surface area contributed by atoms with E-state index in [-0.39, 0.29) is 5.92 Å². The quantitative estimate of drug-likeness (QED) is 0.771. The lowest BCUT2D eigenvalue weighted by atomic mass is 9.74. The molecule has 1 aliphatic carbocycles. The van der Waals surface area contributed by atoms with Crippen molar-refractivity contribution < 1.29 is 5.11 Å². The average molecular weight is 215 g/mol. The third-order valence-electron chi connectivity index (χ3n) is 3.58. The van der Waals surface area contributed by atoms with Gasteiger partial charge < -0.3 is 5.11 Å². The van der Waals surface area contributed by atoms with Gasteiger partial charge in [-0.05, 0) is 18.4 Å². The number of hydrogen-bond acceptors (Lipinski definition) is 2. The monoisotopic (exact) mass is 215 g/mol. The van der Waals surface area contributed by atoms with Gasteiger partial charge in [-0.15, -0.1) is 0 Å². The Bertz CT molecular complexity index is 375. The Morgan fingerprint density at radius 1 is 1.12 bits per heavy atom. The van der Waals surface area contributed by atoms with Crippen molar-refractivity contribution in [2.24, 2.45) is 5.92 Å². The van der Waals surface area contributed by atoms with E-state index >= 15 is 0 Å². The van der Waals surface area contributed by atoms with Crippen LogP contribution in [0.4, 0.5) is 0 Å². The van der Waals surface area contributed by atoms with E-state index in [1.807, 2.05) is 30.3 Å². The fourth-order valence-corrected chi connectivity index (χ4v) is 2.60. The lowest BCUT2D eigenvalue weighted by Gasteiger charge is -2.33. The summed E-state index contributed by atoms with van der Waals surface area (Å²) in [4.78, 5) is 0. The van der Waals surface area contributed by atoms with Crippen molar-refractivity contribution in [1.82, 2.24) is 0 Å². The molecule has 0 unspecified atom stereocenters. The average Bonchev–Trinajstić information content (AvgIpc) is 2.40. The van der Waals surface area contributed by atoms with Gasteiger partial charge in [-0.2, -0.15) is 5.26 Å². The van der Waals surface area contributed by atoms with E-state index in [0.717, 1.165) is 31.2 Å². The fraction of sp³-hybridized carbons (Fsp3) is 0.500. The van der Waals surface area contributed by atoms with Crippen LogP contribution in [0, 0.1) is 17.2 Å². The number of hydrogen-bond donors (Lipinski definition) is 1. The highest BCUT2D eigenvalue weighted by molar-refractivity contribution is 5.29. The highest BCUT2D eigenvalue weighted by Crippen LogP contribution is 2.38. The summed E-state index contributed by atoms with van der Waals surface area (Å²) in [5, 5.41) is 19.8. The molecule has 1 aromatic carbocycles. The van der Waals surface area contributed by atoms with Gasteiger partial charge in [0, 0.05) is 5.92 Å². The normalized spacial score (nSPS) is 21.0. The third-order valence-corrected chi connectivity index (χ3v) is 3.58. The summed E-state index contributed by atoms with van der Waals surface area (Å²) < 4.78 is 0. The van der Waals surface area contributed by atoms with E-state index in [1.54, 1.807) is 0 Å². The summed E-state index contributed by atoms with van der Waals surface area (Å²) in [5.41, 5.74) is -0.550. The molecule has 1 atom stereocenters. The SMILES string of the molecule is N#C[C@@](O)(c1ccccc1)C1CCCCC1. The minimum Gasteiger partial charge on any atom is -0.371 e. The van der Waals surface area contributed by atoms with Gasteiger partial charge in [0.1, 0.15) is 6.07 Å². The van der Waals surface area contributed by atoms with Crippen LogP contribution in [-0.2, 0) is 5.60 Å². The van der Waals surface area contributed by atoms with E-state index in [4.69, 9.17) is 0 Å². The summed E-state index contributed by atoms with van der Waals surface area (Å²) in [7, 11) is 0. The molecule has 0 saturated heterocycles. The maximum atomic E-state index is 10.6. The van der Waals surface area contributed by atoms with Crippen LogP contribution in [-0.4, -0.2) is 5.11 Å². The summed E-state index contributed by atoms with van der Waals surface area (Å²) in [5.74, 6) is 0.0913. The molecule has 2 heteroatoms. The molecular formula is C14H17NO. The van der Waals surface area contributed by atoms with Crippen LogP contribution in [0.1, 0.15) is 37.7 Å². The first-order chi connectivity index (χ1) is 7.77. The van der Waals surface area contributed by atoms with Crippen LogP contribution in [0.25, 0.3) is 0 Å². The Kier molecular flexibility index (Phi) is 3.26. The molecular weight excluding hydrogens is 198 g/mol. The second-order valence-electron chi connectivity index (χ2n) is 4.58. The summed E-state index contributed by atoms with van der Waals surface area (Å²) in [6.45, 7) is 0.